The lowest BCUT2D eigenvalue weighted by Gasteiger charge is -2.21. The second kappa shape index (κ2) is 5.09. The highest BCUT2D eigenvalue weighted by Gasteiger charge is 2.32. The molecule has 0 spiro atoms. The average Bonchev–Trinajstić information content (AvgIpc) is 2.66. The Balaban J connectivity index is 2.29. The van der Waals surface area contributed by atoms with Gasteiger partial charge in [-0.3, -0.25) is 0 Å². The van der Waals surface area contributed by atoms with E-state index in [4.69, 9.17) is 4.74 Å². The molecule has 0 aromatic carbocycles. The summed E-state index contributed by atoms with van der Waals surface area (Å²) in [6.45, 7) is 7.68. The zero-order valence-corrected chi connectivity index (χ0v) is 10.9. The molecule has 0 saturated carbocycles. The molecule has 18 heavy (non-hydrogen) atoms. The van der Waals surface area contributed by atoms with E-state index in [1.165, 1.54) is 0 Å². The van der Waals surface area contributed by atoms with Gasteiger partial charge in [-0.15, -0.1) is 0 Å². The summed E-state index contributed by atoms with van der Waals surface area (Å²) in [7, 11) is 0. The van der Waals surface area contributed by atoms with Crippen molar-refractivity contribution in [3.63, 3.8) is 0 Å². The molecule has 0 N–H and O–H groups in total. The van der Waals surface area contributed by atoms with Crippen LogP contribution in [0.3, 0.4) is 0 Å². The monoisotopic (exact) mass is 250 g/mol. The standard InChI is InChI=1S/C15H19FO2/c1-9(2)12-6-4-10(3)13(16)7-5-11-8-14(12)18-15(11)17/h4,8,12-14H,1,5-7H2,2-3H3/b10-4+/t12-,13+,14-/m0/s1. The van der Waals surface area contributed by atoms with Crippen molar-refractivity contribution in [1.29, 1.82) is 0 Å². The number of alkyl halides is 1. The van der Waals surface area contributed by atoms with Gasteiger partial charge in [0.1, 0.15) is 12.3 Å². The average molecular weight is 250 g/mol. The van der Waals surface area contributed by atoms with E-state index in [-0.39, 0.29) is 18.0 Å². The molecule has 2 bridgehead atoms. The normalized spacial score (nSPS) is 35.3. The molecule has 0 fully saturated rings. The smallest absolute Gasteiger partial charge is 0.334 e. The third-order valence-corrected chi connectivity index (χ3v) is 3.76. The Hall–Kier alpha value is -1.38. The van der Waals surface area contributed by atoms with Gasteiger partial charge >= 0.3 is 5.97 Å². The Morgan fingerprint density at radius 3 is 2.94 bits per heavy atom. The number of carbonyl (C=O) groups excluding carboxylic acids is 1. The molecule has 1 heterocycles. The first-order valence-corrected chi connectivity index (χ1v) is 6.37. The molecule has 0 radical (unpaired) electrons. The van der Waals surface area contributed by atoms with E-state index in [9.17, 15) is 9.18 Å². The van der Waals surface area contributed by atoms with Crippen molar-refractivity contribution in [2.45, 2.75) is 45.4 Å². The van der Waals surface area contributed by atoms with Crippen molar-refractivity contribution < 1.29 is 13.9 Å². The minimum absolute atomic E-state index is 0.0479. The second-order valence-corrected chi connectivity index (χ2v) is 5.20. The van der Waals surface area contributed by atoms with Crippen LogP contribution < -0.4 is 0 Å². The number of ether oxygens (including phenoxy) is 1. The summed E-state index contributed by atoms with van der Waals surface area (Å²) in [5.74, 6) is -0.246. The van der Waals surface area contributed by atoms with Crippen LogP contribution in [0.2, 0.25) is 0 Å². The van der Waals surface area contributed by atoms with Crippen molar-refractivity contribution in [3.8, 4) is 0 Å². The lowest BCUT2D eigenvalue weighted by Crippen LogP contribution is -2.21. The highest BCUT2D eigenvalue weighted by molar-refractivity contribution is 5.91. The minimum Gasteiger partial charge on any atom is -0.454 e. The predicted octanol–water partition coefficient (Wildman–Crippen LogP) is 3.50. The Morgan fingerprint density at radius 1 is 1.56 bits per heavy atom. The third-order valence-electron chi connectivity index (χ3n) is 3.76. The summed E-state index contributed by atoms with van der Waals surface area (Å²) >= 11 is 0. The Kier molecular flexibility index (Phi) is 3.69. The molecule has 3 atom stereocenters. The quantitative estimate of drug-likeness (QED) is 0.526. The topological polar surface area (TPSA) is 26.3 Å². The molecule has 3 heteroatoms. The zero-order chi connectivity index (χ0) is 13.3. The van der Waals surface area contributed by atoms with Crippen molar-refractivity contribution >= 4 is 5.97 Å². The van der Waals surface area contributed by atoms with E-state index in [0.717, 1.165) is 11.1 Å². The van der Waals surface area contributed by atoms with Crippen LogP contribution in [0.15, 0.2) is 35.5 Å². The van der Waals surface area contributed by atoms with E-state index >= 15 is 0 Å². The molecule has 1 aliphatic heterocycles. The molecule has 2 aliphatic rings. The molecule has 0 saturated heterocycles. The fraction of sp³-hybridized carbons (Fsp3) is 0.533. The molecule has 2 rings (SSSR count). The molecular weight excluding hydrogens is 231 g/mol. The third kappa shape index (κ3) is 2.55. The molecule has 0 amide bonds. The summed E-state index contributed by atoms with van der Waals surface area (Å²) in [6.07, 6.45) is 4.03. The van der Waals surface area contributed by atoms with Crippen molar-refractivity contribution in [2.24, 2.45) is 5.92 Å². The molecule has 2 nitrogen and oxygen atoms in total. The lowest BCUT2D eigenvalue weighted by atomic mass is 9.88. The van der Waals surface area contributed by atoms with E-state index < -0.39 is 6.17 Å². The highest BCUT2D eigenvalue weighted by Crippen LogP contribution is 2.32. The van der Waals surface area contributed by atoms with Crippen LogP contribution in [0, 0.1) is 5.92 Å². The highest BCUT2D eigenvalue weighted by atomic mass is 19.1. The first-order valence-electron chi connectivity index (χ1n) is 6.37. The molecule has 0 aromatic heterocycles. The lowest BCUT2D eigenvalue weighted by molar-refractivity contribution is -0.141. The molecular formula is C15H19FO2. The van der Waals surface area contributed by atoms with Crippen LogP contribution in [-0.4, -0.2) is 18.2 Å². The molecule has 0 aromatic rings. The zero-order valence-electron chi connectivity index (χ0n) is 10.9. The first kappa shape index (κ1) is 13.1. The van der Waals surface area contributed by atoms with Gasteiger partial charge in [0.15, 0.2) is 0 Å². The van der Waals surface area contributed by atoms with E-state index in [2.05, 4.69) is 6.58 Å². The Labute approximate surface area is 107 Å². The van der Waals surface area contributed by atoms with Gasteiger partial charge in [-0.1, -0.05) is 18.2 Å². The second-order valence-electron chi connectivity index (χ2n) is 5.20. The number of allylic oxidation sites excluding steroid dienone is 2. The number of fused-ring (bicyclic) bond motifs is 1. The number of esters is 1. The maximum Gasteiger partial charge on any atom is 0.334 e. The van der Waals surface area contributed by atoms with Gasteiger partial charge in [-0.2, -0.15) is 0 Å². The van der Waals surface area contributed by atoms with Crippen molar-refractivity contribution in [2.75, 3.05) is 0 Å². The van der Waals surface area contributed by atoms with E-state index in [1.807, 2.05) is 19.1 Å². The fourth-order valence-electron chi connectivity index (χ4n) is 2.45. The van der Waals surface area contributed by atoms with Crippen LogP contribution in [0.4, 0.5) is 4.39 Å². The van der Waals surface area contributed by atoms with Crippen LogP contribution in [0.25, 0.3) is 0 Å². The Bertz CT molecular complexity index is 434. The SMILES string of the molecule is C=C(C)[C@@H]1C/C=C(\C)[C@H](F)CCC2=C[C@@H]1OC2=O. The number of hydrogen-bond acceptors (Lipinski definition) is 2. The number of rotatable bonds is 1. The Morgan fingerprint density at radius 2 is 2.28 bits per heavy atom. The summed E-state index contributed by atoms with van der Waals surface area (Å²) in [5.41, 5.74) is 2.32. The van der Waals surface area contributed by atoms with Crippen molar-refractivity contribution in [1.82, 2.24) is 0 Å². The maximum absolute atomic E-state index is 13.8. The molecule has 1 aliphatic carbocycles. The summed E-state index contributed by atoms with van der Waals surface area (Å²) in [6, 6.07) is 0. The van der Waals surface area contributed by atoms with Gasteiger partial charge in [0.2, 0.25) is 0 Å². The molecule has 0 unspecified atom stereocenters. The van der Waals surface area contributed by atoms with Gasteiger partial charge in [0.25, 0.3) is 0 Å². The summed E-state index contributed by atoms with van der Waals surface area (Å²) < 4.78 is 19.2. The minimum atomic E-state index is -0.971. The van der Waals surface area contributed by atoms with Crippen molar-refractivity contribution in [3.05, 3.63) is 35.5 Å². The van der Waals surface area contributed by atoms with Gasteiger partial charge < -0.3 is 4.74 Å². The predicted molar refractivity (Wildman–Crippen MR) is 68.8 cm³/mol. The fourth-order valence-corrected chi connectivity index (χ4v) is 2.45. The molecule has 98 valence electrons. The van der Waals surface area contributed by atoms with E-state index in [1.54, 1.807) is 6.92 Å². The largest absolute Gasteiger partial charge is 0.454 e. The number of carbonyl (C=O) groups is 1. The number of hydrogen-bond donors (Lipinski definition) is 0. The van der Waals surface area contributed by atoms with Crippen LogP contribution in [0.1, 0.15) is 33.1 Å². The van der Waals surface area contributed by atoms with E-state index in [0.29, 0.717) is 24.8 Å². The van der Waals surface area contributed by atoms with Gasteiger partial charge in [-0.25, -0.2) is 9.18 Å². The summed E-state index contributed by atoms with van der Waals surface area (Å²) in [5, 5.41) is 0. The van der Waals surface area contributed by atoms with Crippen LogP contribution >= 0.6 is 0 Å². The van der Waals surface area contributed by atoms with Crippen LogP contribution in [0.5, 0.6) is 0 Å². The summed E-state index contributed by atoms with van der Waals surface area (Å²) in [4.78, 5) is 11.7. The first-order chi connectivity index (χ1) is 8.49. The van der Waals surface area contributed by atoms with Gasteiger partial charge in [-0.05, 0) is 44.8 Å². The van der Waals surface area contributed by atoms with Gasteiger partial charge in [0, 0.05) is 11.5 Å². The maximum atomic E-state index is 13.8. The van der Waals surface area contributed by atoms with Gasteiger partial charge in [0.05, 0.1) is 0 Å². The number of halogens is 1. The van der Waals surface area contributed by atoms with Crippen LogP contribution in [-0.2, 0) is 9.53 Å².